The fourth-order valence-electron chi connectivity index (χ4n) is 7.54. The minimum absolute atomic E-state index is 0.0624. The van der Waals surface area contributed by atoms with Crippen molar-refractivity contribution in [2.45, 2.75) is 63.5 Å². The number of phenolic OH excluding ortho intramolecular Hbond substituents is 2. The molecule has 2 aliphatic rings. The Hall–Kier alpha value is -5.24. The third-order valence-corrected chi connectivity index (χ3v) is 10.3. The van der Waals surface area contributed by atoms with Crippen molar-refractivity contribution in [1.82, 2.24) is 19.9 Å². The molecule has 2 fully saturated rings. The molecule has 2 unspecified atom stereocenters. The van der Waals surface area contributed by atoms with E-state index in [0.717, 1.165) is 53.4 Å². The van der Waals surface area contributed by atoms with Gasteiger partial charge in [-0.05, 0) is 73.9 Å². The average Bonchev–Trinajstić information content (AvgIpc) is 3.11. The van der Waals surface area contributed by atoms with Gasteiger partial charge in [0.1, 0.15) is 34.2 Å². The van der Waals surface area contributed by atoms with Gasteiger partial charge in [-0.25, -0.2) is 15.0 Å². The van der Waals surface area contributed by atoms with Crippen LogP contribution >= 0.6 is 0 Å². The van der Waals surface area contributed by atoms with Crippen molar-refractivity contribution in [3.05, 3.63) is 108 Å². The molecule has 0 amide bonds. The van der Waals surface area contributed by atoms with E-state index in [1.165, 1.54) is 25.7 Å². The van der Waals surface area contributed by atoms with Gasteiger partial charge in [0.15, 0.2) is 0 Å². The van der Waals surface area contributed by atoms with Crippen molar-refractivity contribution in [3.63, 3.8) is 0 Å². The summed E-state index contributed by atoms with van der Waals surface area (Å²) in [5.41, 5.74) is 4.26. The first-order valence-corrected chi connectivity index (χ1v) is 17.2. The maximum Gasteiger partial charge on any atom is 0.147 e. The van der Waals surface area contributed by atoms with Gasteiger partial charge in [0.05, 0.1) is 23.5 Å². The van der Waals surface area contributed by atoms with Gasteiger partial charge in [0.2, 0.25) is 0 Å². The Kier molecular flexibility index (Phi) is 8.22. The SMILES string of the molecule is Oc1c(C(Nc2cccc(-c3ccc4ccc(C(Nc5ccccn5)C5CCC5)c(O)c4n3)n2)C2CCCCC2)ccc2cccnc12. The molecular weight excluding hydrogens is 596 g/mol. The lowest BCUT2D eigenvalue weighted by Crippen LogP contribution is -2.26. The molecule has 8 nitrogen and oxygen atoms in total. The predicted octanol–water partition coefficient (Wildman–Crippen LogP) is 9.34. The molecule has 4 heterocycles. The molecule has 2 aromatic carbocycles. The number of aromatic hydroxyl groups is 2. The highest BCUT2D eigenvalue weighted by Gasteiger charge is 2.32. The van der Waals surface area contributed by atoms with Gasteiger partial charge >= 0.3 is 0 Å². The Morgan fingerprint density at radius 3 is 1.85 bits per heavy atom. The lowest BCUT2D eigenvalue weighted by molar-refractivity contribution is 0.273. The number of aromatic nitrogens is 4. The van der Waals surface area contributed by atoms with Crippen LogP contribution in [0.1, 0.15) is 74.6 Å². The summed E-state index contributed by atoms with van der Waals surface area (Å²) >= 11 is 0. The Morgan fingerprint density at radius 2 is 1.15 bits per heavy atom. The number of hydrogen-bond donors (Lipinski definition) is 4. The minimum atomic E-state index is -0.120. The van der Waals surface area contributed by atoms with Crippen LogP contribution in [0.25, 0.3) is 33.2 Å². The molecule has 48 heavy (non-hydrogen) atoms. The molecule has 2 saturated carbocycles. The summed E-state index contributed by atoms with van der Waals surface area (Å²) in [7, 11) is 0. The summed E-state index contributed by atoms with van der Waals surface area (Å²) in [5, 5.41) is 32.2. The van der Waals surface area contributed by atoms with Crippen LogP contribution in [0, 0.1) is 11.8 Å². The molecule has 0 spiro atoms. The van der Waals surface area contributed by atoms with Crippen LogP contribution in [0.3, 0.4) is 0 Å². The van der Waals surface area contributed by atoms with Crippen LogP contribution in [-0.2, 0) is 0 Å². The number of benzene rings is 2. The van der Waals surface area contributed by atoms with Crippen LogP contribution < -0.4 is 10.6 Å². The summed E-state index contributed by atoms with van der Waals surface area (Å²) in [5.74, 6) is 2.71. The molecule has 2 aliphatic carbocycles. The van der Waals surface area contributed by atoms with Crippen molar-refractivity contribution in [2.75, 3.05) is 10.6 Å². The van der Waals surface area contributed by atoms with Gasteiger partial charge in [-0.1, -0.05) is 74.2 Å². The standard InChI is InChI=1S/C40H40N6O2/c47-39-29(20-17-27-13-8-24-42-37(27)39)36(25-9-2-1-3-10-25)46-34-16-7-14-31(43-34)32-22-19-28-18-21-30(40(48)38(28)44-32)35(26-11-6-12-26)45-33-15-4-5-23-41-33/h4-5,7-8,13-26,35-36,47-48H,1-3,6,9-12H2,(H,41,45)(H,43,46). The van der Waals surface area contributed by atoms with E-state index in [9.17, 15) is 10.2 Å². The quantitative estimate of drug-likeness (QED) is 0.124. The van der Waals surface area contributed by atoms with Crippen LogP contribution in [0.2, 0.25) is 0 Å². The molecule has 0 saturated heterocycles. The second-order valence-electron chi connectivity index (χ2n) is 13.3. The number of phenols is 2. The Bertz CT molecular complexity index is 2060. The molecule has 4 aromatic heterocycles. The van der Waals surface area contributed by atoms with E-state index < -0.39 is 0 Å². The van der Waals surface area contributed by atoms with Crippen LogP contribution in [0.15, 0.2) is 97.3 Å². The highest BCUT2D eigenvalue weighted by Crippen LogP contribution is 2.45. The number of fused-ring (bicyclic) bond motifs is 2. The first-order chi connectivity index (χ1) is 23.6. The summed E-state index contributed by atoms with van der Waals surface area (Å²) in [4.78, 5) is 19.0. The first kappa shape index (κ1) is 30.1. The molecule has 0 aliphatic heterocycles. The Balaban J connectivity index is 1.13. The van der Waals surface area contributed by atoms with Gasteiger partial charge < -0.3 is 20.8 Å². The topological polar surface area (TPSA) is 116 Å². The maximum absolute atomic E-state index is 11.7. The normalized spacial score (nSPS) is 16.8. The summed E-state index contributed by atoms with van der Waals surface area (Å²) < 4.78 is 0. The van der Waals surface area contributed by atoms with Gasteiger partial charge in [-0.3, -0.25) is 4.98 Å². The average molecular weight is 637 g/mol. The van der Waals surface area contributed by atoms with Crippen molar-refractivity contribution >= 4 is 33.4 Å². The third-order valence-electron chi connectivity index (χ3n) is 10.3. The van der Waals surface area contributed by atoms with Crippen LogP contribution in [0.4, 0.5) is 11.6 Å². The molecule has 8 heteroatoms. The Labute approximate surface area is 280 Å². The summed E-state index contributed by atoms with van der Waals surface area (Å²) in [6.45, 7) is 0. The molecule has 6 aromatic rings. The third kappa shape index (κ3) is 5.87. The van der Waals surface area contributed by atoms with Gasteiger partial charge in [0, 0.05) is 34.3 Å². The van der Waals surface area contributed by atoms with Crippen molar-refractivity contribution in [3.8, 4) is 22.9 Å². The number of nitrogens with one attached hydrogen (secondary N) is 2. The highest BCUT2D eigenvalue weighted by molar-refractivity contribution is 5.88. The Morgan fingerprint density at radius 1 is 0.521 bits per heavy atom. The van der Waals surface area contributed by atoms with Gasteiger partial charge in [-0.2, -0.15) is 0 Å². The van der Waals surface area contributed by atoms with E-state index in [1.54, 1.807) is 12.4 Å². The van der Waals surface area contributed by atoms with Crippen LogP contribution in [0.5, 0.6) is 11.5 Å². The zero-order valence-corrected chi connectivity index (χ0v) is 26.9. The van der Waals surface area contributed by atoms with E-state index in [2.05, 4.69) is 20.6 Å². The second-order valence-corrected chi connectivity index (χ2v) is 13.3. The lowest BCUT2D eigenvalue weighted by atomic mass is 9.76. The zero-order valence-electron chi connectivity index (χ0n) is 26.9. The van der Waals surface area contributed by atoms with Gasteiger partial charge in [-0.15, -0.1) is 0 Å². The lowest BCUT2D eigenvalue weighted by Gasteiger charge is -2.35. The van der Waals surface area contributed by atoms with Crippen molar-refractivity contribution < 1.29 is 10.2 Å². The minimum Gasteiger partial charge on any atom is -0.505 e. The number of anilines is 2. The molecular formula is C40H40N6O2. The fourth-order valence-corrected chi connectivity index (χ4v) is 7.54. The second kappa shape index (κ2) is 13.1. The molecule has 2 atom stereocenters. The maximum atomic E-state index is 11.7. The number of nitrogens with zero attached hydrogens (tertiary/aromatic N) is 4. The van der Waals surface area contributed by atoms with Gasteiger partial charge in [0.25, 0.3) is 0 Å². The summed E-state index contributed by atoms with van der Waals surface area (Å²) in [6.07, 6.45) is 12.7. The van der Waals surface area contributed by atoms with E-state index in [1.807, 2.05) is 84.9 Å². The largest absolute Gasteiger partial charge is 0.505 e. The molecule has 242 valence electrons. The van der Waals surface area contributed by atoms with E-state index in [-0.39, 0.29) is 23.6 Å². The van der Waals surface area contributed by atoms with E-state index in [0.29, 0.717) is 40.1 Å². The zero-order chi connectivity index (χ0) is 32.5. The van der Waals surface area contributed by atoms with E-state index in [4.69, 9.17) is 9.97 Å². The molecule has 8 rings (SSSR count). The first-order valence-electron chi connectivity index (χ1n) is 17.2. The van der Waals surface area contributed by atoms with E-state index >= 15 is 0 Å². The number of rotatable bonds is 9. The number of pyridine rings is 4. The van der Waals surface area contributed by atoms with Crippen molar-refractivity contribution in [1.29, 1.82) is 0 Å². The summed E-state index contributed by atoms with van der Waals surface area (Å²) in [6, 6.07) is 27.5. The smallest absolute Gasteiger partial charge is 0.147 e. The fraction of sp³-hybridized carbons (Fsp3) is 0.300. The van der Waals surface area contributed by atoms with Crippen LogP contribution in [-0.4, -0.2) is 30.1 Å². The highest BCUT2D eigenvalue weighted by atomic mass is 16.3. The van der Waals surface area contributed by atoms with Crippen molar-refractivity contribution in [2.24, 2.45) is 11.8 Å². The molecule has 4 N–H and O–H groups in total. The molecule has 0 radical (unpaired) electrons. The molecule has 0 bridgehead atoms. The monoisotopic (exact) mass is 636 g/mol. The predicted molar refractivity (Wildman–Crippen MR) is 191 cm³/mol. The number of hydrogen-bond acceptors (Lipinski definition) is 8.